The highest BCUT2D eigenvalue weighted by molar-refractivity contribution is 7.89. The van der Waals surface area contributed by atoms with E-state index < -0.39 is 14.9 Å². The molecule has 0 aliphatic carbocycles. The molecule has 0 fully saturated rings. The van der Waals surface area contributed by atoms with Crippen molar-refractivity contribution in [2.75, 3.05) is 18.7 Å². The van der Waals surface area contributed by atoms with Gasteiger partial charge in [-0.3, -0.25) is 10.1 Å². The predicted octanol–water partition coefficient (Wildman–Crippen LogP) is 2.23. The Bertz CT molecular complexity index is 577. The molecule has 0 heterocycles. The number of halogens is 1. The van der Waals surface area contributed by atoms with E-state index in [1.54, 1.807) is 25.1 Å². The maximum absolute atomic E-state index is 12.1. The van der Waals surface area contributed by atoms with Gasteiger partial charge < -0.3 is 0 Å². The quantitative estimate of drug-likeness (QED) is 0.438. The van der Waals surface area contributed by atoms with Gasteiger partial charge in [-0.1, -0.05) is 25.1 Å². The van der Waals surface area contributed by atoms with Crippen LogP contribution in [0.15, 0.2) is 24.3 Å². The van der Waals surface area contributed by atoms with Crippen molar-refractivity contribution in [3.63, 3.8) is 0 Å². The van der Waals surface area contributed by atoms with Gasteiger partial charge in [-0.25, -0.2) is 12.7 Å². The zero-order valence-electron chi connectivity index (χ0n) is 11.3. The van der Waals surface area contributed by atoms with Crippen LogP contribution in [-0.4, -0.2) is 36.3 Å². The SMILES string of the molecule is CC(CCl)CS(=O)(=O)N(C)Cc1ccccc1[N+](=O)[O-]. The van der Waals surface area contributed by atoms with E-state index in [1.165, 1.54) is 13.1 Å². The summed E-state index contributed by atoms with van der Waals surface area (Å²) in [5.41, 5.74) is 0.280. The van der Waals surface area contributed by atoms with Crippen molar-refractivity contribution in [3.8, 4) is 0 Å². The fraction of sp³-hybridized carbons (Fsp3) is 0.500. The summed E-state index contributed by atoms with van der Waals surface area (Å²) in [6, 6.07) is 6.10. The molecule has 0 spiro atoms. The van der Waals surface area contributed by atoms with E-state index in [4.69, 9.17) is 11.6 Å². The normalized spacial score (nSPS) is 13.4. The number of para-hydroxylation sites is 1. The molecule has 112 valence electrons. The van der Waals surface area contributed by atoms with E-state index in [2.05, 4.69) is 0 Å². The molecule has 0 amide bonds. The molecular formula is C12H17ClN2O4S. The third-order valence-corrected chi connectivity index (χ3v) is 5.41. The number of benzene rings is 1. The third-order valence-electron chi connectivity index (χ3n) is 2.81. The summed E-state index contributed by atoms with van der Waals surface area (Å²) in [7, 11) is -2.08. The fourth-order valence-electron chi connectivity index (χ4n) is 1.69. The molecule has 0 N–H and O–H groups in total. The van der Waals surface area contributed by atoms with Gasteiger partial charge in [0.2, 0.25) is 10.0 Å². The molecule has 1 aromatic carbocycles. The molecule has 1 aromatic rings. The Morgan fingerprint density at radius 1 is 1.40 bits per heavy atom. The summed E-state index contributed by atoms with van der Waals surface area (Å²) >= 11 is 5.62. The van der Waals surface area contributed by atoms with Crippen LogP contribution in [0.1, 0.15) is 12.5 Å². The number of hydrogen-bond acceptors (Lipinski definition) is 4. The van der Waals surface area contributed by atoms with E-state index in [1.807, 2.05) is 0 Å². The van der Waals surface area contributed by atoms with Crippen LogP contribution in [0.5, 0.6) is 0 Å². The van der Waals surface area contributed by atoms with Crippen molar-refractivity contribution in [3.05, 3.63) is 39.9 Å². The minimum absolute atomic E-state index is 0.0332. The van der Waals surface area contributed by atoms with Gasteiger partial charge in [-0.15, -0.1) is 11.6 Å². The molecule has 20 heavy (non-hydrogen) atoms. The van der Waals surface area contributed by atoms with E-state index in [0.29, 0.717) is 5.56 Å². The second kappa shape index (κ2) is 7.01. The Labute approximate surface area is 123 Å². The van der Waals surface area contributed by atoms with Crippen LogP contribution in [0.25, 0.3) is 0 Å². The molecule has 8 heteroatoms. The number of nitro benzene ring substituents is 1. The number of sulfonamides is 1. The van der Waals surface area contributed by atoms with Crippen LogP contribution in [0.3, 0.4) is 0 Å². The topological polar surface area (TPSA) is 80.5 Å². The van der Waals surface area contributed by atoms with Crippen LogP contribution in [0.2, 0.25) is 0 Å². The van der Waals surface area contributed by atoms with Crippen molar-refractivity contribution in [2.24, 2.45) is 5.92 Å². The Kier molecular flexibility index (Phi) is 5.91. The van der Waals surface area contributed by atoms with Gasteiger partial charge in [0.15, 0.2) is 0 Å². The van der Waals surface area contributed by atoms with Gasteiger partial charge in [0.05, 0.1) is 10.7 Å². The van der Waals surface area contributed by atoms with E-state index >= 15 is 0 Å². The Balaban J connectivity index is 2.91. The highest BCUT2D eigenvalue weighted by Gasteiger charge is 2.23. The number of nitro groups is 1. The summed E-state index contributed by atoms with van der Waals surface area (Å²) in [6.45, 7) is 1.71. The summed E-state index contributed by atoms with van der Waals surface area (Å²) in [6.07, 6.45) is 0. The minimum Gasteiger partial charge on any atom is -0.258 e. The Hall–Kier alpha value is -1.18. The van der Waals surface area contributed by atoms with E-state index in [-0.39, 0.29) is 29.8 Å². The summed E-state index contributed by atoms with van der Waals surface area (Å²) in [5.74, 6) is 0.00139. The molecule has 0 aliphatic rings. The highest BCUT2D eigenvalue weighted by Crippen LogP contribution is 2.20. The van der Waals surface area contributed by atoms with Crippen molar-refractivity contribution in [1.82, 2.24) is 4.31 Å². The van der Waals surface area contributed by atoms with E-state index in [0.717, 1.165) is 4.31 Å². The van der Waals surface area contributed by atoms with Crippen LogP contribution in [-0.2, 0) is 16.6 Å². The maximum atomic E-state index is 12.1. The molecule has 0 saturated carbocycles. The van der Waals surface area contributed by atoms with Gasteiger partial charge in [0.25, 0.3) is 5.69 Å². The maximum Gasteiger partial charge on any atom is 0.273 e. The molecule has 1 unspecified atom stereocenters. The molecule has 0 saturated heterocycles. The van der Waals surface area contributed by atoms with Crippen molar-refractivity contribution in [2.45, 2.75) is 13.5 Å². The second-order valence-electron chi connectivity index (χ2n) is 4.68. The lowest BCUT2D eigenvalue weighted by atomic mass is 10.2. The summed E-state index contributed by atoms with van der Waals surface area (Å²) in [5, 5.41) is 10.9. The first-order valence-corrected chi connectivity index (χ1v) is 8.14. The van der Waals surface area contributed by atoms with Crippen LogP contribution >= 0.6 is 11.6 Å². The first-order chi connectivity index (χ1) is 9.27. The van der Waals surface area contributed by atoms with Crippen molar-refractivity contribution in [1.29, 1.82) is 0 Å². The van der Waals surface area contributed by atoms with Gasteiger partial charge >= 0.3 is 0 Å². The first-order valence-electron chi connectivity index (χ1n) is 6.00. The molecule has 0 aromatic heterocycles. The first kappa shape index (κ1) is 16.9. The lowest BCUT2D eigenvalue weighted by molar-refractivity contribution is -0.385. The Morgan fingerprint density at radius 2 is 2.00 bits per heavy atom. The molecule has 0 aliphatic heterocycles. The monoisotopic (exact) mass is 320 g/mol. The standard InChI is InChI=1S/C12H17ClN2O4S/c1-10(7-13)9-20(18,19)14(2)8-11-5-3-4-6-12(11)15(16)17/h3-6,10H,7-9H2,1-2H3. The van der Waals surface area contributed by atoms with Gasteiger partial charge in [0, 0.05) is 31.1 Å². The minimum atomic E-state index is -3.49. The van der Waals surface area contributed by atoms with Crippen LogP contribution in [0, 0.1) is 16.0 Å². The largest absolute Gasteiger partial charge is 0.273 e. The predicted molar refractivity (Wildman–Crippen MR) is 78.2 cm³/mol. The lowest BCUT2D eigenvalue weighted by Crippen LogP contribution is -2.31. The number of nitrogens with zero attached hydrogens (tertiary/aromatic N) is 2. The smallest absolute Gasteiger partial charge is 0.258 e. The van der Waals surface area contributed by atoms with Gasteiger partial charge in [0.1, 0.15) is 0 Å². The van der Waals surface area contributed by atoms with Crippen molar-refractivity contribution < 1.29 is 13.3 Å². The molecule has 0 bridgehead atoms. The summed E-state index contributed by atoms with van der Waals surface area (Å²) in [4.78, 5) is 10.4. The van der Waals surface area contributed by atoms with Gasteiger partial charge in [-0.2, -0.15) is 0 Å². The average molecular weight is 321 g/mol. The molecule has 1 atom stereocenters. The highest BCUT2D eigenvalue weighted by atomic mass is 35.5. The molecule has 6 nitrogen and oxygen atoms in total. The van der Waals surface area contributed by atoms with Gasteiger partial charge in [-0.05, 0) is 5.92 Å². The average Bonchev–Trinajstić information content (AvgIpc) is 2.38. The zero-order valence-corrected chi connectivity index (χ0v) is 12.9. The van der Waals surface area contributed by atoms with E-state index in [9.17, 15) is 18.5 Å². The van der Waals surface area contributed by atoms with Crippen LogP contribution < -0.4 is 0 Å². The lowest BCUT2D eigenvalue weighted by Gasteiger charge is -2.19. The second-order valence-corrected chi connectivity index (χ2v) is 7.11. The molecule has 0 radical (unpaired) electrons. The number of alkyl halides is 1. The zero-order chi connectivity index (χ0) is 15.3. The van der Waals surface area contributed by atoms with Crippen molar-refractivity contribution >= 4 is 27.3 Å². The number of hydrogen-bond donors (Lipinski definition) is 0. The van der Waals surface area contributed by atoms with Crippen LogP contribution in [0.4, 0.5) is 5.69 Å². The third kappa shape index (κ3) is 4.43. The number of rotatable bonds is 7. The molecule has 1 rings (SSSR count). The molecular weight excluding hydrogens is 304 g/mol. The fourth-order valence-corrected chi connectivity index (χ4v) is 3.36. The summed E-state index contributed by atoms with van der Waals surface area (Å²) < 4.78 is 25.3. The Morgan fingerprint density at radius 3 is 2.55 bits per heavy atom.